The summed E-state index contributed by atoms with van der Waals surface area (Å²) < 4.78 is 12.1. The molecule has 0 saturated carbocycles. The molecule has 2 N–H and O–H groups in total. The van der Waals surface area contributed by atoms with Crippen molar-refractivity contribution in [3.8, 4) is 0 Å². The standard InChI is InChI=1S/C18H28BN5O4/c1-16(2)17(3,4)28-19(27-16)8-6-7-11-9-24(10-18(11,5)22-23-21)13-12(20)14(25)15(13)26/h11H,6-10,20H2,1-5H3/t11-,18?/m0/s1. The molecule has 0 spiro atoms. The van der Waals surface area contributed by atoms with Gasteiger partial charge in [0.05, 0.1) is 16.7 Å². The van der Waals surface area contributed by atoms with E-state index < -0.39 is 16.4 Å². The molecule has 2 fully saturated rings. The molecule has 2 aliphatic rings. The third-order valence-corrected chi connectivity index (χ3v) is 6.64. The number of hydrogen-bond acceptors (Lipinski definition) is 7. The first kappa shape index (κ1) is 20.7. The van der Waals surface area contributed by atoms with Gasteiger partial charge in [-0.05, 0) is 51.9 Å². The van der Waals surface area contributed by atoms with Crippen molar-refractivity contribution in [2.24, 2.45) is 11.0 Å². The van der Waals surface area contributed by atoms with Crippen molar-refractivity contribution >= 4 is 18.5 Å². The van der Waals surface area contributed by atoms with E-state index in [9.17, 15) is 9.59 Å². The van der Waals surface area contributed by atoms with Crippen LogP contribution in [0.3, 0.4) is 0 Å². The van der Waals surface area contributed by atoms with E-state index in [2.05, 4.69) is 10.0 Å². The number of nitrogens with two attached hydrogens (primary N) is 1. The Morgan fingerprint density at radius 3 is 2.36 bits per heavy atom. The van der Waals surface area contributed by atoms with Gasteiger partial charge in [0.15, 0.2) is 0 Å². The third-order valence-electron chi connectivity index (χ3n) is 6.64. The minimum Gasteiger partial charge on any atom is -0.403 e. The summed E-state index contributed by atoms with van der Waals surface area (Å²) in [6.45, 7) is 10.9. The summed E-state index contributed by atoms with van der Waals surface area (Å²) in [7, 11) is -0.266. The average Bonchev–Trinajstić information content (AvgIpc) is 3.00. The Labute approximate surface area is 164 Å². The van der Waals surface area contributed by atoms with Crippen LogP contribution in [0.25, 0.3) is 10.4 Å². The van der Waals surface area contributed by atoms with Gasteiger partial charge in [0, 0.05) is 18.0 Å². The molecule has 2 saturated heterocycles. The molecule has 0 aromatic heterocycles. The van der Waals surface area contributed by atoms with Crippen LogP contribution < -0.4 is 21.5 Å². The minimum atomic E-state index is -0.670. The molecule has 28 heavy (non-hydrogen) atoms. The van der Waals surface area contributed by atoms with E-state index in [0.29, 0.717) is 13.1 Å². The van der Waals surface area contributed by atoms with Crippen LogP contribution in [-0.2, 0) is 9.31 Å². The summed E-state index contributed by atoms with van der Waals surface area (Å²) >= 11 is 0. The molecule has 0 aliphatic carbocycles. The quantitative estimate of drug-likeness (QED) is 0.261. The van der Waals surface area contributed by atoms with Crippen molar-refractivity contribution in [3.63, 3.8) is 0 Å². The molecule has 10 heteroatoms. The SMILES string of the molecule is CC1(N=[N+]=[N-])CN(c2c(N)c(=O)c2=O)C[C@@H]1CCCB1OC(C)(C)C(C)(C)O1. The third kappa shape index (κ3) is 3.29. The van der Waals surface area contributed by atoms with Gasteiger partial charge in [-0.25, -0.2) is 0 Å². The Morgan fingerprint density at radius 1 is 1.21 bits per heavy atom. The molecule has 1 aromatic rings. The number of azide groups is 1. The highest BCUT2D eigenvalue weighted by molar-refractivity contribution is 6.45. The molecule has 1 aromatic carbocycles. The molecule has 152 valence electrons. The first-order chi connectivity index (χ1) is 12.9. The molecule has 1 unspecified atom stereocenters. The Kier molecular flexibility index (Phi) is 5.02. The number of rotatable bonds is 6. The summed E-state index contributed by atoms with van der Waals surface area (Å²) in [5.41, 5.74) is 12.4. The van der Waals surface area contributed by atoms with Crippen molar-refractivity contribution in [2.75, 3.05) is 23.7 Å². The van der Waals surface area contributed by atoms with Gasteiger partial charge in [-0.15, -0.1) is 0 Å². The zero-order chi connectivity index (χ0) is 20.9. The summed E-state index contributed by atoms with van der Waals surface area (Å²) in [5, 5.41) is 4.01. The van der Waals surface area contributed by atoms with E-state index >= 15 is 0 Å². The molecular formula is C18H28BN5O4. The maximum atomic E-state index is 11.9. The number of hydrogen-bond donors (Lipinski definition) is 1. The Balaban J connectivity index is 1.65. The largest absolute Gasteiger partial charge is 0.457 e. The highest BCUT2D eigenvalue weighted by atomic mass is 16.7. The second-order valence-corrected chi connectivity index (χ2v) is 9.16. The molecule has 0 amide bonds. The van der Waals surface area contributed by atoms with Gasteiger partial charge in [-0.2, -0.15) is 0 Å². The summed E-state index contributed by atoms with van der Waals surface area (Å²) in [5.74, 6) is 0.0367. The fraction of sp³-hybridized carbons (Fsp3) is 0.778. The van der Waals surface area contributed by atoms with Crippen molar-refractivity contribution in [1.29, 1.82) is 0 Å². The monoisotopic (exact) mass is 389 g/mol. The summed E-state index contributed by atoms with van der Waals surface area (Å²) in [6.07, 6.45) is 2.34. The molecule has 2 aliphatic heterocycles. The maximum Gasteiger partial charge on any atom is 0.457 e. The molecule has 2 heterocycles. The summed E-state index contributed by atoms with van der Waals surface area (Å²) in [4.78, 5) is 28.1. The van der Waals surface area contributed by atoms with Crippen LogP contribution in [0.5, 0.6) is 0 Å². The lowest BCUT2D eigenvalue weighted by molar-refractivity contribution is 0.00578. The molecule has 0 bridgehead atoms. The molecule has 2 atom stereocenters. The van der Waals surface area contributed by atoms with E-state index in [4.69, 9.17) is 20.6 Å². The van der Waals surface area contributed by atoms with Crippen LogP contribution in [0, 0.1) is 5.92 Å². The fourth-order valence-electron chi connectivity index (χ4n) is 4.16. The van der Waals surface area contributed by atoms with Gasteiger partial charge in [0.2, 0.25) is 0 Å². The smallest absolute Gasteiger partial charge is 0.403 e. The van der Waals surface area contributed by atoms with Gasteiger partial charge in [-0.1, -0.05) is 18.5 Å². The maximum absolute atomic E-state index is 11.9. The second-order valence-electron chi connectivity index (χ2n) is 9.16. The van der Waals surface area contributed by atoms with E-state index in [0.717, 1.165) is 19.2 Å². The minimum absolute atomic E-state index is 0.00570. The fourth-order valence-corrected chi connectivity index (χ4v) is 4.16. The predicted molar refractivity (Wildman–Crippen MR) is 109 cm³/mol. The van der Waals surface area contributed by atoms with Gasteiger partial charge < -0.3 is 19.9 Å². The summed E-state index contributed by atoms with van der Waals surface area (Å²) in [6, 6.07) is 0. The average molecular weight is 389 g/mol. The highest BCUT2D eigenvalue weighted by Gasteiger charge is 2.51. The molecule has 3 rings (SSSR count). The Bertz CT molecular complexity index is 871. The highest BCUT2D eigenvalue weighted by Crippen LogP contribution is 2.40. The van der Waals surface area contributed by atoms with E-state index in [1.54, 1.807) is 4.90 Å². The predicted octanol–water partition coefficient (Wildman–Crippen LogP) is 2.24. The lowest BCUT2D eigenvalue weighted by atomic mass is 9.78. The van der Waals surface area contributed by atoms with E-state index in [-0.39, 0.29) is 35.6 Å². The first-order valence-electron chi connectivity index (χ1n) is 9.67. The van der Waals surface area contributed by atoms with Gasteiger partial charge >= 0.3 is 7.12 Å². The molecule has 9 nitrogen and oxygen atoms in total. The van der Waals surface area contributed by atoms with Crippen LogP contribution in [0.15, 0.2) is 14.7 Å². The second kappa shape index (κ2) is 6.79. The molecule has 0 radical (unpaired) electrons. The Hall–Kier alpha value is -2.03. The molecular weight excluding hydrogens is 361 g/mol. The van der Waals surface area contributed by atoms with Crippen LogP contribution in [0.1, 0.15) is 47.5 Å². The van der Waals surface area contributed by atoms with Crippen LogP contribution in [-0.4, -0.2) is 36.9 Å². The van der Waals surface area contributed by atoms with Gasteiger partial charge in [0.25, 0.3) is 10.9 Å². The zero-order valence-corrected chi connectivity index (χ0v) is 17.2. The van der Waals surface area contributed by atoms with Gasteiger partial charge in [0.1, 0.15) is 11.4 Å². The van der Waals surface area contributed by atoms with Crippen molar-refractivity contribution in [1.82, 2.24) is 0 Å². The van der Waals surface area contributed by atoms with Crippen molar-refractivity contribution in [3.05, 3.63) is 30.9 Å². The van der Waals surface area contributed by atoms with Gasteiger partial charge in [-0.3, -0.25) is 9.59 Å². The van der Waals surface area contributed by atoms with Crippen LogP contribution in [0.4, 0.5) is 11.4 Å². The lowest BCUT2D eigenvalue weighted by Crippen LogP contribution is -2.42. The number of nitrogens with zero attached hydrogens (tertiary/aromatic N) is 4. The lowest BCUT2D eigenvalue weighted by Gasteiger charge is -2.32. The van der Waals surface area contributed by atoms with E-state index in [1.165, 1.54) is 0 Å². The van der Waals surface area contributed by atoms with Crippen LogP contribution in [0.2, 0.25) is 6.32 Å². The van der Waals surface area contributed by atoms with Crippen molar-refractivity contribution < 1.29 is 9.31 Å². The van der Waals surface area contributed by atoms with Crippen molar-refractivity contribution in [2.45, 2.75) is 70.5 Å². The topological polar surface area (TPSA) is 131 Å². The number of anilines is 2. The zero-order valence-electron chi connectivity index (χ0n) is 17.2. The number of nitrogen functional groups attached to an aromatic ring is 1. The first-order valence-corrected chi connectivity index (χ1v) is 9.67. The Morgan fingerprint density at radius 2 is 1.82 bits per heavy atom. The van der Waals surface area contributed by atoms with E-state index in [1.807, 2.05) is 34.6 Å². The normalized spacial score (nSPS) is 28.7. The van der Waals surface area contributed by atoms with Crippen LogP contribution >= 0.6 is 0 Å².